The summed E-state index contributed by atoms with van der Waals surface area (Å²) in [6, 6.07) is 13.0. The number of aryl methyl sites for hydroxylation is 1. The van der Waals surface area contributed by atoms with E-state index in [1.807, 2.05) is 36.4 Å². The summed E-state index contributed by atoms with van der Waals surface area (Å²) in [6.07, 6.45) is 2.92. The number of unbranched alkanes of at least 4 members (excludes halogenated alkanes) is 1. The van der Waals surface area contributed by atoms with Crippen LogP contribution in [-0.2, 0) is 22.4 Å². The Morgan fingerprint density at radius 3 is 2.40 bits per heavy atom. The first-order chi connectivity index (χ1) is 14.1. The molecule has 0 aliphatic carbocycles. The molecule has 0 radical (unpaired) electrons. The first kappa shape index (κ1) is 22.4. The monoisotopic (exact) mass is 427 g/mol. The van der Waals surface area contributed by atoms with Gasteiger partial charge in [0, 0.05) is 24.8 Å². The average Bonchev–Trinajstić information content (AvgIpc) is 3.03. The minimum absolute atomic E-state index is 0.0709. The summed E-state index contributed by atoms with van der Waals surface area (Å²) in [7, 11) is 0. The van der Waals surface area contributed by atoms with Crippen LogP contribution in [0.2, 0.25) is 5.15 Å². The van der Waals surface area contributed by atoms with E-state index >= 15 is 0 Å². The van der Waals surface area contributed by atoms with Gasteiger partial charge in [-0.3, -0.25) is 4.79 Å². The van der Waals surface area contributed by atoms with Gasteiger partial charge in [-0.2, -0.15) is 0 Å². The molecule has 0 fully saturated rings. The minimum atomic E-state index is -1.14. The predicted octanol–water partition coefficient (Wildman–Crippen LogP) is 5.42. The number of aliphatic hydroxyl groups is 1. The van der Waals surface area contributed by atoms with Gasteiger partial charge in [0.05, 0.1) is 5.60 Å². The SMILES string of the molecule is CC(C)(C)n1c(CCCCC(=O)C[C@](C)(O)c2ccccc2)nc2ccc(Cl)nc21. The van der Waals surface area contributed by atoms with Crippen molar-refractivity contribution < 1.29 is 9.90 Å². The van der Waals surface area contributed by atoms with Crippen molar-refractivity contribution in [3.63, 3.8) is 0 Å². The van der Waals surface area contributed by atoms with E-state index in [0.717, 1.165) is 41.8 Å². The van der Waals surface area contributed by atoms with Gasteiger partial charge in [0.15, 0.2) is 5.65 Å². The zero-order valence-corrected chi connectivity index (χ0v) is 18.9. The Balaban J connectivity index is 1.60. The van der Waals surface area contributed by atoms with Crippen LogP contribution in [0.3, 0.4) is 0 Å². The van der Waals surface area contributed by atoms with E-state index < -0.39 is 5.60 Å². The molecule has 0 saturated heterocycles. The second kappa shape index (κ2) is 8.86. The lowest BCUT2D eigenvalue weighted by Gasteiger charge is -2.24. The fourth-order valence-electron chi connectivity index (χ4n) is 3.83. The molecule has 1 atom stereocenters. The summed E-state index contributed by atoms with van der Waals surface area (Å²) in [5.41, 5.74) is 1.08. The van der Waals surface area contributed by atoms with Crippen molar-refractivity contribution in [2.45, 2.75) is 70.9 Å². The molecule has 0 spiro atoms. The molecule has 160 valence electrons. The lowest BCUT2D eigenvalue weighted by atomic mass is 9.89. The number of Topliss-reactive ketones (excluding diaryl/α,β-unsaturated/α-hetero) is 1. The third-order valence-electron chi connectivity index (χ3n) is 5.25. The summed E-state index contributed by atoms with van der Waals surface area (Å²) in [5.74, 6) is 1.03. The van der Waals surface area contributed by atoms with Gasteiger partial charge < -0.3 is 9.67 Å². The van der Waals surface area contributed by atoms with Crippen LogP contribution in [0, 0.1) is 0 Å². The van der Waals surface area contributed by atoms with Crippen LogP contribution in [0.25, 0.3) is 11.2 Å². The van der Waals surface area contributed by atoms with Gasteiger partial charge in [-0.05, 0) is 58.2 Å². The largest absolute Gasteiger partial charge is 0.385 e. The highest BCUT2D eigenvalue weighted by molar-refractivity contribution is 6.29. The molecule has 0 saturated carbocycles. The minimum Gasteiger partial charge on any atom is -0.385 e. The molecule has 30 heavy (non-hydrogen) atoms. The van der Waals surface area contributed by atoms with Crippen LogP contribution in [-0.4, -0.2) is 25.4 Å². The number of carbonyl (C=O) groups is 1. The zero-order chi connectivity index (χ0) is 21.9. The number of aromatic nitrogens is 3. The van der Waals surface area contributed by atoms with Gasteiger partial charge in [0.2, 0.25) is 0 Å². The highest BCUT2D eigenvalue weighted by Gasteiger charge is 2.26. The molecule has 1 aromatic carbocycles. The van der Waals surface area contributed by atoms with E-state index in [-0.39, 0.29) is 17.7 Å². The third-order valence-corrected chi connectivity index (χ3v) is 5.46. The van der Waals surface area contributed by atoms with Crippen LogP contribution in [0.4, 0.5) is 0 Å². The Bertz CT molecular complexity index is 1020. The van der Waals surface area contributed by atoms with Crippen molar-refractivity contribution in [1.82, 2.24) is 14.5 Å². The lowest BCUT2D eigenvalue weighted by Crippen LogP contribution is -2.25. The maximum atomic E-state index is 12.4. The quantitative estimate of drug-likeness (QED) is 0.385. The van der Waals surface area contributed by atoms with Gasteiger partial charge >= 0.3 is 0 Å². The van der Waals surface area contributed by atoms with Gasteiger partial charge in [0.25, 0.3) is 0 Å². The number of benzene rings is 1. The van der Waals surface area contributed by atoms with E-state index in [0.29, 0.717) is 11.6 Å². The average molecular weight is 428 g/mol. The van der Waals surface area contributed by atoms with Crippen molar-refractivity contribution in [3.8, 4) is 0 Å². The zero-order valence-electron chi connectivity index (χ0n) is 18.2. The Morgan fingerprint density at radius 1 is 1.03 bits per heavy atom. The molecule has 1 N–H and O–H groups in total. The molecule has 2 aromatic heterocycles. The number of carbonyl (C=O) groups excluding carboxylic acids is 1. The van der Waals surface area contributed by atoms with E-state index in [9.17, 15) is 9.90 Å². The number of imidazole rings is 1. The summed E-state index contributed by atoms with van der Waals surface area (Å²) >= 11 is 6.10. The molecule has 0 bridgehead atoms. The third kappa shape index (κ3) is 5.27. The fraction of sp³-hybridized carbons (Fsp3) is 0.458. The molecule has 6 heteroatoms. The van der Waals surface area contributed by atoms with Crippen LogP contribution in [0.5, 0.6) is 0 Å². The van der Waals surface area contributed by atoms with Crippen LogP contribution in [0.15, 0.2) is 42.5 Å². The summed E-state index contributed by atoms with van der Waals surface area (Å²) in [6.45, 7) is 8.06. The number of pyridine rings is 1. The molecular formula is C24H30ClN3O2. The number of halogens is 1. The smallest absolute Gasteiger partial charge is 0.162 e. The number of rotatable bonds is 8. The van der Waals surface area contributed by atoms with E-state index in [1.54, 1.807) is 13.0 Å². The molecule has 0 aliphatic heterocycles. The maximum absolute atomic E-state index is 12.4. The molecule has 2 heterocycles. The Kier molecular flexibility index (Phi) is 6.63. The fourth-order valence-corrected chi connectivity index (χ4v) is 3.97. The first-order valence-corrected chi connectivity index (χ1v) is 10.8. The molecule has 0 amide bonds. The lowest BCUT2D eigenvalue weighted by molar-refractivity contribution is -0.123. The van der Waals surface area contributed by atoms with Gasteiger partial charge in [-0.1, -0.05) is 41.9 Å². The summed E-state index contributed by atoms with van der Waals surface area (Å²) in [5, 5.41) is 11.1. The van der Waals surface area contributed by atoms with E-state index in [1.165, 1.54) is 0 Å². The molecule has 5 nitrogen and oxygen atoms in total. The number of hydrogen-bond donors (Lipinski definition) is 1. The highest BCUT2D eigenvalue weighted by atomic mass is 35.5. The summed E-state index contributed by atoms with van der Waals surface area (Å²) < 4.78 is 2.14. The van der Waals surface area contributed by atoms with Gasteiger partial charge in [-0.15, -0.1) is 0 Å². The number of fused-ring (bicyclic) bond motifs is 1. The van der Waals surface area contributed by atoms with Crippen molar-refractivity contribution in [2.75, 3.05) is 0 Å². The molecule has 3 rings (SSSR count). The molecule has 0 unspecified atom stereocenters. The molecule has 3 aromatic rings. The van der Waals surface area contributed by atoms with Crippen LogP contribution < -0.4 is 0 Å². The normalized spacial score (nSPS) is 14.1. The first-order valence-electron chi connectivity index (χ1n) is 10.4. The maximum Gasteiger partial charge on any atom is 0.162 e. The van der Waals surface area contributed by atoms with Crippen LogP contribution >= 0.6 is 11.6 Å². The second-order valence-electron chi connectivity index (χ2n) is 9.07. The Morgan fingerprint density at radius 2 is 1.73 bits per heavy atom. The van der Waals surface area contributed by atoms with Crippen LogP contribution in [0.1, 0.15) is 64.8 Å². The van der Waals surface area contributed by atoms with Gasteiger partial charge in [-0.25, -0.2) is 9.97 Å². The van der Waals surface area contributed by atoms with Crippen molar-refractivity contribution in [1.29, 1.82) is 0 Å². The highest BCUT2D eigenvalue weighted by Crippen LogP contribution is 2.27. The standard InChI is InChI=1S/C24H30ClN3O2/c1-23(2,3)28-21(26-19-14-15-20(25)27-22(19)28)13-9-8-12-18(29)16-24(4,30)17-10-6-5-7-11-17/h5-7,10-11,14-15,30H,8-9,12-13,16H2,1-4H3/t24-/m0/s1. The van der Waals surface area contributed by atoms with Crippen molar-refractivity contribution in [2.24, 2.45) is 0 Å². The predicted molar refractivity (Wildman–Crippen MR) is 121 cm³/mol. The second-order valence-corrected chi connectivity index (χ2v) is 9.46. The topological polar surface area (TPSA) is 68.0 Å². The van der Waals surface area contributed by atoms with Crippen molar-refractivity contribution >= 4 is 28.5 Å². The number of hydrogen-bond acceptors (Lipinski definition) is 4. The Labute approximate surface area is 183 Å². The van der Waals surface area contributed by atoms with Crippen molar-refractivity contribution in [3.05, 3.63) is 59.0 Å². The molecule has 0 aliphatic rings. The number of ketones is 1. The van der Waals surface area contributed by atoms with Gasteiger partial charge in [0.1, 0.15) is 22.3 Å². The van der Waals surface area contributed by atoms with E-state index in [4.69, 9.17) is 16.6 Å². The Hall–Kier alpha value is -2.24. The summed E-state index contributed by atoms with van der Waals surface area (Å²) in [4.78, 5) is 21.7. The van der Waals surface area contributed by atoms with E-state index in [2.05, 4.69) is 30.3 Å². The molecular weight excluding hydrogens is 398 g/mol. The number of nitrogens with zero attached hydrogens (tertiary/aromatic N) is 3.